The SMILES string of the molecule is C#C.CCCNCCC(C)C. The molecular weight excluding hydrogens is 134 g/mol. The van der Waals surface area contributed by atoms with E-state index in [0.29, 0.717) is 0 Å². The summed E-state index contributed by atoms with van der Waals surface area (Å²) in [6.45, 7) is 9.07. The summed E-state index contributed by atoms with van der Waals surface area (Å²) in [4.78, 5) is 0. The van der Waals surface area contributed by atoms with Crippen molar-refractivity contribution in [2.24, 2.45) is 5.92 Å². The minimum absolute atomic E-state index is 0.842. The monoisotopic (exact) mass is 155 g/mol. The summed E-state index contributed by atoms with van der Waals surface area (Å²) in [6.07, 6.45) is 10.6. The molecule has 1 heteroatoms. The molecule has 0 atom stereocenters. The molecule has 11 heavy (non-hydrogen) atoms. The van der Waals surface area contributed by atoms with E-state index >= 15 is 0 Å². The van der Waals surface area contributed by atoms with Crippen LogP contribution >= 0.6 is 0 Å². The molecule has 0 heterocycles. The fourth-order valence-corrected chi connectivity index (χ4v) is 0.693. The molecule has 0 spiro atoms. The highest BCUT2D eigenvalue weighted by Crippen LogP contribution is 1.95. The Kier molecular flexibility index (Phi) is 14.6. The smallest absolute Gasteiger partial charge is 0.00465 e. The highest BCUT2D eigenvalue weighted by Gasteiger charge is 1.90. The maximum atomic E-state index is 4.00. The first-order valence-corrected chi connectivity index (χ1v) is 4.31. The van der Waals surface area contributed by atoms with Crippen molar-refractivity contribution in [2.45, 2.75) is 33.6 Å². The van der Waals surface area contributed by atoms with Gasteiger partial charge in [-0.1, -0.05) is 20.8 Å². The van der Waals surface area contributed by atoms with Crippen LogP contribution in [0, 0.1) is 18.8 Å². The second-order valence-electron chi connectivity index (χ2n) is 2.93. The fraction of sp³-hybridized carbons (Fsp3) is 0.800. The molecule has 0 aliphatic heterocycles. The van der Waals surface area contributed by atoms with Gasteiger partial charge in [0.15, 0.2) is 0 Å². The van der Waals surface area contributed by atoms with Crippen molar-refractivity contribution in [3.8, 4) is 12.8 Å². The van der Waals surface area contributed by atoms with Gasteiger partial charge in [-0.05, 0) is 31.8 Å². The lowest BCUT2D eigenvalue weighted by Crippen LogP contribution is -2.17. The lowest BCUT2D eigenvalue weighted by atomic mass is 10.1. The quantitative estimate of drug-likeness (QED) is 0.474. The summed E-state index contributed by atoms with van der Waals surface area (Å²) in [7, 11) is 0. The van der Waals surface area contributed by atoms with Crippen LogP contribution < -0.4 is 5.32 Å². The third kappa shape index (κ3) is 17.7. The third-order valence-corrected chi connectivity index (χ3v) is 1.33. The molecule has 0 aliphatic carbocycles. The van der Waals surface area contributed by atoms with Crippen molar-refractivity contribution in [3.05, 3.63) is 0 Å². The topological polar surface area (TPSA) is 12.0 Å². The number of hydrogen-bond acceptors (Lipinski definition) is 1. The Morgan fingerprint density at radius 2 is 1.73 bits per heavy atom. The summed E-state index contributed by atoms with van der Waals surface area (Å²) in [5.74, 6) is 0.842. The van der Waals surface area contributed by atoms with E-state index in [9.17, 15) is 0 Å². The van der Waals surface area contributed by atoms with Gasteiger partial charge in [0.25, 0.3) is 0 Å². The van der Waals surface area contributed by atoms with Gasteiger partial charge in [0.05, 0.1) is 0 Å². The van der Waals surface area contributed by atoms with Crippen LogP contribution in [0.15, 0.2) is 0 Å². The van der Waals surface area contributed by atoms with Gasteiger partial charge in [-0.2, -0.15) is 0 Å². The molecule has 0 aromatic rings. The van der Waals surface area contributed by atoms with Crippen molar-refractivity contribution in [1.82, 2.24) is 5.32 Å². The first-order valence-electron chi connectivity index (χ1n) is 4.31. The van der Waals surface area contributed by atoms with Crippen LogP contribution in [0.1, 0.15) is 33.6 Å². The molecule has 0 fully saturated rings. The highest BCUT2D eigenvalue weighted by atomic mass is 14.8. The van der Waals surface area contributed by atoms with E-state index in [4.69, 9.17) is 0 Å². The average molecular weight is 155 g/mol. The Morgan fingerprint density at radius 3 is 2.09 bits per heavy atom. The molecule has 0 bridgehead atoms. The van der Waals surface area contributed by atoms with Crippen molar-refractivity contribution in [2.75, 3.05) is 13.1 Å². The summed E-state index contributed by atoms with van der Waals surface area (Å²) in [6, 6.07) is 0. The van der Waals surface area contributed by atoms with Gasteiger partial charge in [-0.3, -0.25) is 0 Å². The molecular formula is C10H21N. The van der Waals surface area contributed by atoms with Gasteiger partial charge in [0, 0.05) is 0 Å². The van der Waals surface area contributed by atoms with E-state index in [1.807, 2.05) is 0 Å². The standard InChI is InChI=1S/C8H19N.C2H2/c1-4-6-9-7-5-8(2)3;1-2/h8-9H,4-7H2,1-3H3;1-2H. The predicted octanol–water partition coefficient (Wildman–Crippen LogP) is 2.28. The van der Waals surface area contributed by atoms with E-state index in [1.54, 1.807) is 0 Å². The fourth-order valence-electron chi connectivity index (χ4n) is 0.693. The second kappa shape index (κ2) is 12.2. The molecule has 0 aromatic heterocycles. The molecule has 66 valence electrons. The first-order chi connectivity index (χ1) is 5.27. The largest absolute Gasteiger partial charge is 0.317 e. The Labute approximate surface area is 71.6 Å². The summed E-state index contributed by atoms with van der Waals surface area (Å²) in [5.41, 5.74) is 0. The Morgan fingerprint density at radius 1 is 1.18 bits per heavy atom. The van der Waals surface area contributed by atoms with E-state index in [1.165, 1.54) is 25.9 Å². The van der Waals surface area contributed by atoms with Crippen LogP contribution in [0.2, 0.25) is 0 Å². The minimum atomic E-state index is 0.842. The highest BCUT2D eigenvalue weighted by molar-refractivity contribution is 4.49. The maximum Gasteiger partial charge on any atom is -0.00465 e. The van der Waals surface area contributed by atoms with Crippen LogP contribution in [-0.2, 0) is 0 Å². The van der Waals surface area contributed by atoms with Crippen molar-refractivity contribution in [3.63, 3.8) is 0 Å². The molecule has 0 radical (unpaired) electrons. The summed E-state index contributed by atoms with van der Waals surface area (Å²) < 4.78 is 0. The molecule has 0 saturated heterocycles. The van der Waals surface area contributed by atoms with Crippen LogP contribution in [-0.4, -0.2) is 13.1 Å². The van der Waals surface area contributed by atoms with Gasteiger partial charge >= 0.3 is 0 Å². The van der Waals surface area contributed by atoms with Gasteiger partial charge in [0.1, 0.15) is 0 Å². The molecule has 1 nitrogen and oxygen atoms in total. The van der Waals surface area contributed by atoms with Crippen LogP contribution in [0.4, 0.5) is 0 Å². The average Bonchev–Trinajstić information content (AvgIpc) is 2.02. The Bertz CT molecular complexity index is 74.2. The Hall–Kier alpha value is -0.480. The summed E-state index contributed by atoms with van der Waals surface area (Å²) >= 11 is 0. The molecule has 0 rings (SSSR count). The summed E-state index contributed by atoms with van der Waals surface area (Å²) in [5, 5.41) is 3.37. The number of hydrogen-bond donors (Lipinski definition) is 1. The molecule has 1 N–H and O–H groups in total. The van der Waals surface area contributed by atoms with Crippen LogP contribution in [0.5, 0.6) is 0 Å². The van der Waals surface area contributed by atoms with Crippen molar-refractivity contribution in [1.29, 1.82) is 0 Å². The molecule has 0 aromatic carbocycles. The van der Waals surface area contributed by atoms with Crippen molar-refractivity contribution >= 4 is 0 Å². The van der Waals surface area contributed by atoms with Gasteiger partial charge < -0.3 is 5.32 Å². The number of nitrogens with one attached hydrogen (secondary N) is 1. The Balaban J connectivity index is 0. The normalized spacial score (nSPS) is 8.91. The van der Waals surface area contributed by atoms with E-state index in [-0.39, 0.29) is 0 Å². The van der Waals surface area contributed by atoms with Crippen LogP contribution in [0.25, 0.3) is 0 Å². The van der Waals surface area contributed by atoms with E-state index < -0.39 is 0 Å². The van der Waals surface area contributed by atoms with Crippen LogP contribution in [0.3, 0.4) is 0 Å². The number of terminal acetylenes is 1. The third-order valence-electron chi connectivity index (χ3n) is 1.33. The van der Waals surface area contributed by atoms with Gasteiger partial charge in [0.2, 0.25) is 0 Å². The minimum Gasteiger partial charge on any atom is -0.317 e. The van der Waals surface area contributed by atoms with Crippen molar-refractivity contribution < 1.29 is 0 Å². The van der Waals surface area contributed by atoms with Gasteiger partial charge in [-0.15, -0.1) is 12.8 Å². The number of rotatable bonds is 5. The predicted molar refractivity (Wildman–Crippen MR) is 52.5 cm³/mol. The lowest BCUT2D eigenvalue weighted by Gasteiger charge is -2.04. The molecule has 0 aliphatic rings. The first kappa shape index (κ1) is 13.1. The van der Waals surface area contributed by atoms with Gasteiger partial charge in [-0.25, -0.2) is 0 Å². The molecule has 0 amide bonds. The maximum absolute atomic E-state index is 4.00. The second-order valence-corrected chi connectivity index (χ2v) is 2.93. The molecule has 0 unspecified atom stereocenters. The zero-order chi connectivity index (χ0) is 9.11. The molecule has 0 saturated carbocycles. The van der Waals surface area contributed by atoms with E-state index in [0.717, 1.165) is 5.92 Å². The lowest BCUT2D eigenvalue weighted by molar-refractivity contribution is 0.537. The zero-order valence-electron chi connectivity index (χ0n) is 8.06. The zero-order valence-corrected chi connectivity index (χ0v) is 8.06. The van der Waals surface area contributed by atoms with E-state index in [2.05, 4.69) is 38.9 Å².